The third-order valence-electron chi connectivity index (χ3n) is 2.36. The van der Waals surface area contributed by atoms with Gasteiger partial charge in [0.05, 0.1) is 13.7 Å². The maximum Gasteiger partial charge on any atom is 0.441 e. The minimum Gasteiger partial charge on any atom is -0.495 e. The summed E-state index contributed by atoms with van der Waals surface area (Å²) in [4.78, 5) is -0.195. The van der Waals surface area contributed by atoms with E-state index in [-0.39, 0.29) is 35.6 Å². The molecule has 21 heavy (non-hydrogen) atoms. The molecule has 1 rings (SSSR count). The summed E-state index contributed by atoms with van der Waals surface area (Å²) in [6.07, 6.45) is 0. The number of sulfonamides is 1. The summed E-state index contributed by atoms with van der Waals surface area (Å²) in [5, 5.41) is 8.97. The quantitative estimate of drug-likeness (QED) is 0.736. The Bertz CT molecular complexity index is 575. The molecule has 0 aliphatic carbocycles. The monoisotopic (exact) mass is 345 g/mol. The predicted octanol–water partition coefficient (Wildman–Crippen LogP) is 1.72. The molecule has 1 aromatic carbocycles. The molecule has 0 amide bonds. The Kier molecular flexibility index (Phi) is 6.32. The van der Waals surface area contributed by atoms with Crippen LogP contribution >= 0.6 is 11.8 Å². The second kappa shape index (κ2) is 7.34. The predicted molar refractivity (Wildman–Crippen MR) is 72.6 cm³/mol. The van der Waals surface area contributed by atoms with Crippen LogP contribution in [0.1, 0.15) is 5.56 Å². The molecule has 10 heteroatoms. The summed E-state index contributed by atoms with van der Waals surface area (Å²) in [5.41, 5.74) is -3.94. The van der Waals surface area contributed by atoms with E-state index in [9.17, 15) is 21.6 Å². The first-order chi connectivity index (χ1) is 9.69. The van der Waals surface area contributed by atoms with Crippen molar-refractivity contribution in [1.29, 1.82) is 0 Å². The van der Waals surface area contributed by atoms with Crippen LogP contribution < -0.4 is 9.46 Å². The molecule has 0 saturated heterocycles. The standard InChI is InChI=1S/C11H14F3NO4S2/c1-19-9-6-8(7-16)2-3-10(9)21(17,18)15-4-5-20-11(12,13)14/h2-3,6,15-16H,4-5,7H2,1H3. The summed E-state index contributed by atoms with van der Waals surface area (Å²) in [7, 11) is -2.72. The van der Waals surface area contributed by atoms with Crippen molar-refractivity contribution in [3.63, 3.8) is 0 Å². The highest BCUT2D eigenvalue weighted by Gasteiger charge is 2.28. The number of hydrogen-bond acceptors (Lipinski definition) is 5. The van der Waals surface area contributed by atoms with E-state index in [1.54, 1.807) is 0 Å². The van der Waals surface area contributed by atoms with Gasteiger partial charge < -0.3 is 9.84 Å². The normalized spacial score (nSPS) is 12.4. The second-order valence-electron chi connectivity index (χ2n) is 3.84. The number of alkyl halides is 3. The van der Waals surface area contributed by atoms with Crippen LogP contribution in [0.2, 0.25) is 0 Å². The van der Waals surface area contributed by atoms with Crippen molar-refractivity contribution in [2.24, 2.45) is 0 Å². The third kappa shape index (κ3) is 5.73. The average molecular weight is 345 g/mol. The van der Waals surface area contributed by atoms with E-state index in [0.717, 1.165) is 0 Å². The van der Waals surface area contributed by atoms with Crippen LogP contribution in [0, 0.1) is 0 Å². The Hall–Kier alpha value is -0.970. The number of rotatable bonds is 7. The summed E-state index contributed by atoms with van der Waals surface area (Å²) >= 11 is -0.306. The van der Waals surface area contributed by atoms with Gasteiger partial charge in [0.1, 0.15) is 10.6 Å². The van der Waals surface area contributed by atoms with Crippen LogP contribution in [0.4, 0.5) is 13.2 Å². The van der Waals surface area contributed by atoms with Gasteiger partial charge in [-0.05, 0) is 29.5 Å². The Labute approximate surface area is 124 Å². The third-order valence-corrected chi connectivity index (χ3v) is 4.60. The van der Waals surface area contributed by atoms with E-state index in [0.29, 0.717) is 5.56 Å². The van der Waals surface area contributed by atoms with Crippen LogP contribution in [0.5, 0.6) is 5.75 Å². The Morgan fingerprint density at radius 3 is 2.57 bits per heavy atom. The van der Waals surface area contributed by atoms with Crippen molar-refractivity contribution in [3.8, 4) is 5.75 Å². The van der Waals surface area contributed by atoms with E-state index in [1.165, 1.54) is 25.3 Å². The number of aliphatic hydroxyl groups excluding tert-OH is 1. The molecule has 5 nitrogen and oxygen atoms in total. The van der Waals surface area contributed by atoms with E-state index in [2.05, 4.69) is 4.72 Å². The van der Waals surface area contributed by atoms with Crippen LogP contribution in [-0.2, 0) is 16.6 Å². The lowest BCUT2D eigenvalue weighted by molar-refractivity contribution is -0.0327. The van der Waals surface area contributed by atoms with Crippen molar-refractivity contribution in [1.82, 2.24) is 4.72 Å². The molecular weight excluding hydrogens is 331 g/mol. The maximum atomic E-state index is 12.0. The van der Waals surface area contributed by atoms with Gasteiger partial charge in [-0.25, -0.2) is 13.1 Å². The first kappa shape index (κ1) is 18.1. The number of halogens is 3. The molecule has 0 aromatic heterocycles. The molecule has 0 bridgehead atoms. The van der Waals surface area contributed by atoms with Crippen LogP contribution in [0.25, 0.3) is 0 Å². The van der Waals surface area contributed by atoms with Crippen molar-refractivity contribution in [2.75, 3.05) is 19.4 Å². The topological polar surface area (TPSA) is 75.6 Å². The molecule has 0 unspecified atom stereocenters. The van der Waals surface area contributed by atoms with Gasteiger partial charge in [-0.2, -0.15) is 13.2 Å². The van der Waals surface area contributed by atoms with Crippen molar-refractivity contribution in [2.45, 2.75) is 17.0 Å². The number of aliphatic hydroxyl groups is 1. The van der Waals surface area contributed by atoms with Gasteiger partial charge >= 0.3 is 5.51 Å². The van der Waals surface area contributed by atoms with Crippen LogP contribution in [0.15, 0.2) is 23.1 Å². The fourth-order valence-corrected chi connectivity index (χ4v) is 3.20. The van der Waals surface area contributed by atoms with Gasteiger partial charge in [-0.3, -0.25) is 0 Å². The Morgan fingerprint density at radius 2 is 2.05 bits per heavy atom. The maximum absolute atomic E-state index is 12.0. The van der Waals surface area contributed by atoms with Gasteiger partial charge in [0.15, 0.2) is 0 Å². The number of ether oxygens (including phenoxy) is 1. The number of methoxy groups -OCH3 is 1. The zero-order valence-electron chi connectivity index (χ0n) is 11.0. The summed E-state index contributed by atoms with van der Waals surface area (Å²) in [6, 6.07) is 3.96. The molecule has 1 aromatic rings. The van der Waals surface area contributed by atoms with E-state index in [4.69, 9.17) is 9.84 Å². The zero-order chi connectivity index (χ0) is 16.1. The van der Waals surface area contributed by atoms with Gasteiger partial charge in [-0.15, -0.1) is 0 Å². The summed E-state index contributed by atoms with van der Waals surface area (Å²) in [6.45, 7) is -0.649. The molecule has 0 saturated carbocycles. The lowest BCUT2D eigenvalue weighted by Crippen LogP contribution is -2.27. The van der Waals surface area contributed by atoms with E-state index < -0.39 is 21.3 Å². The lowest BCUT2D eigenvalue weighted by Gasteiger charge is -2.12. The van der Waals surface area contributed by atoms with Gasteiger partial charge in [0, 0.05) is 12.3 Å². The molecule has 120 valence electrons. The van der Waals surface area contributed by atoms with Crippen molar-refractivity contribution >= 4 is 21.8 Å². The largest absolute Gasteiger partial charge is 0.495 e. The molecule has 0 atom stereocenters. The van der Waals surface area contributed by atoms with Crippen molar-refractivity contribution < 1.29 is 31.4 Å². The molecule has 0 aliphatic rings. The first-order valence-electron chi connectivity index (χ1n) is 5.68. The Balaban J connectivity index is 2.79. The molecular formula is C11H14F3NO4S2. The van der Waals surface area contributed by atoms with Gasteiger partial charge in [0.25, 0.3) is 0 Å². The highest BCUT2D eigenvalue weighted by atomic mass is 32.2. The molecule has 2 N–H and O–H groups in total. The minimum atomic E-state index is -4.40. The minimum absolute atomic E-state index is 0.0116. The summed E-state index contributed by atoms with van der Waals surface area (Å²) in [5.74, 6) is -0.419. The number of benzene rings is 1. The fraction of sp³-hybridized carbons (Fsp3) is 0.455. The lowest BCUT2D eigenvalue weighted by atomic mass is 10.2. The highest BCUT2D eigenvalue weighted by molar-refractivity contribution is 8.00. The fourth-order valence-electron chi connectivity index (χ4n) is 1.45. The van der Waals surface area contributed by atoms with Crippen molar-refractivity contribution in [3.05, 3.63) is 23.8 Å². The summed E-state index contributed by atoms with van der Waals surface area (Å²) < 4.78 is 66.8. The SMILES string of the molecule is COc1cc(CO)ccc1S(=O)(=O)NCCSC(F)(F)F. The molecule has 0 fully saturated rings. The molecule has 0 radical (unpaired) electrons. The van der Waals surface area contributed by atoms with Gasteiger partial charge in [0.2, 0.25) is 10.0 Å². The first-order valence-corrected chi connectivity index (χ1v) is 8.14. The number of thioether (sulfide) groups is 1. The molecule has 0 heterocycles. The molecule has 0 aliphatic heterocycles. The number of nitrogens with one attached hydrogen (secondary N) is 1. The van der Waals surface area contributed by atoms with Crippen LogP contribution in [0.3, 0.4) is 0 Å². The second-order valence-corrected chi connectivity index (χ2v) is 6.73. The number of hydrogen-bond donors (Lipinski definition) is 2. The van der Waals surface area contributed by atoms with E-state index in [1.807, 2.05) is 0 Å². The van der Waals surface area contributed by atoms with Crippen LogP contribution in [-0.4, -0.2) is 38.4 Å². The van der Waals surface area contributed by atoms with Gasteiger partial charge in [-0.1, -0.05) is 6.07 Å². The van der Waals surface area contributed by atoms with E-state index >= 15 is 0 Å². The molecule has 0 spiro atoms. The Morgan fingerprint density at radius 1 is 1.38 bits per heavy atom. The highest BCUT2D eigenvalue weighted by Crippen LogP contribution is 2.30. The smallest absolute Gasteiger partial charge is 0.441 e. The average Bonchev–Trinajstić information content (AvgIpc) is 2.42. The zero-order valence-corrected chi connectivity index (χ0v) is 12.6.